The lowest BCUT2D eigenvalue weighted by Crippen LogP contribution is -2.34. The van der Waals surface area contributed by atoms with Gasteiger partial charge in [-0.3, -0.25) is 4.79 Å². The predicted octanol–water partition coefficient (Wildman–Crippen LogP) is 0.380. The van der Waals surface area contributed by atoms with E-state index in [-0.39, 0.29) is 5.91 Å². The fourth-order valence-electron chi connectivity index (χ4n) is 1.72. The minimum absolute atomic E-state index is 0.257. The number of rotatable bonds is 1. The number of hydrogen-bond acceptors (Lipinski definition) is 2. The Kier molecular flexibility index (Phi) is 1.65. The van der Waals surface area contributed by atoms with Gasteiger partial charge in [-0.15, -0.1) is 0 Å². The Balaban J connectivity index is 1.94. The zero-order valence-corrected chi connectivity index (χ0v) is 7.42. The van der Waals surface area contributed by atoms with E-state index in [9.17, 15) is 9.90 Å². The van der Waals surface area contributed by atoms with Crippen molar-refractivity contribution in [1.82, 2.24) is 4.90 Å². The molecule has 1 heterocycles. The van der Waals surface area contributed by atoms with Crippen molar-refractivity contribution < 1.29 is 9.90 Å². The fourth-order valence-corrected chi connectivity index (χ4v) is 1.72. The molecule has 0 aromatic rings. The Morgan fingerprint density at radius 3 is 2.67 bits per heavy atom. The first-order chi connectivity index (χ1) is 5.58. The lowest BCUT2D eigenvalue weighted by molar-refractivity contribution is -0.132. The number of β-amino-alcohol motifs (C(OH)–C–C–N with tert-alkyl or cyclic N) is 1. The van der Waals surface area contributed by atoms with Crippen LogP contribution in [0, 0.1) is 5.92 Å². The van der Waals surface area contributed by atoms with Gasteiger partial charge < -0.3 is 10.0 Å². The lowest BCUT2D eigenvalue weighted by Gasteiger charge is -2.18. The molecule has 2 fully saturated rings. The molecule has 0 bridgehead atoms. The maximum Gasteiger partial charge on any atom is 0.225 e. The van der Waals surface area contributed by atoms with E-state index < -0.39 is 5.60 Å². The molecule has 2 aliphatic rings. The van der Waals surface area contributed by atoms with Crippen LogP contribution in [0.25, 0.3) is 0 Å². The third-order valence-corrected chi connectivity index (χ3v) is 2.69. The summed E-state index contributed by atoms with van der Waals surface area (Å²) >= 11 is 0. The molecule has 68 valence electrons. The quantitative estimate of drug-likeness (QED) is 0.616. The van der Waals surface area contributed by atoms with Crippen LogP contribution in [0.3, 0.4) is 0 Å². The van der Waals surface area contributed by atoms with Crippen molar-refractivity contribution in [3.63, 3.8) is 0 Å². The molecule has 0 aromatic carbocycles. The monoisotopic (exact) mass is 169 g/mol. The summed E-state index contributed by atoms with van der Waals surface area (Å²) in [5.41, 5.74) is -0.634. The van der Waals surface area contributed by atoms with E-state index in [0.717, 1.165) is 25.8 Å². The van der Waals surface area contributed by atoms with E-state index in [1.165, 1.54) is 0 Å². The Morgan fingerprint density at radius 2 is 2.25 bits per heavy atom. The molecule has 1 amide bonds. The second-order valence-corrected chi connectivity index (χ2v) is 4.28. The highest BCUT2D eigenvalue weighted by molar-refractivity contribution is 5.81. The summed E-state index contributed by atoms with van der Waals surface area (Å²) < 4.78 is 0. The topological polar surface area (TPSA) is 40.5 Å². The average Bonchev–Trinajstić information content (AvgIpc) is 2.75. The number of hydrogen-bond donors (Lipinski definition) is 1. The van der Waals surface area contributed by atoms with Crippen LogP contribution >= 0.6 is 0 Å². The smallest absolute Gasteiger partial charge is 0.225 e. The normalized spacial score (nSPS) is 35.7. The molecule has 0 radical (unpaired) electrons. The standard InChI is InChI=1S/C9H15NO2/c1-9(12)4-5-10(6-9)8(11)7-2-3-7/h7,12H,2-6H2,1H3. The van der Waals surface area contributed by atoms with E-state index in [4.69, 9.17) is 0 Å². The molecule has 12 heavy (non-hydrogen) atoms. The zero-order chi connectivity index (χ0) is 8.77. The summed E-state index contributed by atoms with van der Waals surface area (Å²) in [6, 6.07) is 0. The molecule has 1 N–H and O–H groups in total. The fraction of sp³-hybridized carbons (Fsp3) is 0.889. The van der Waals surface area contributed by atoms with Gasteiger partial charge in [0.1, 0.15) is 0 Å². The molecule has 1 unspecified atom stereocenters. The van der Waals surface area contributed by atoms with Gasteiger partial charge in [0.25, 0.3) is 0 Å². The summed E-state index contributed by atoms with van der Waals surface area (Å²) in [7, 11) is 0. The van der Waals surface area contributed by atoms with Crippen molar-refractivity contribution >= 4 is 5.91 Å². The van der Waals surface area contributed by atoms with Crippen molar-refractivity contribution in [3.05, 3.63) is 0 Å². The summed E-state index contributed by atoms with van der Waals surface area (Å²) in [6.45, 7) is 3.07. The molecule has 3 heteroatoms. The molecule has 1 aliphatic carbocycles. The van der Waals surface area contributed by atoms with Crippen molar-refractivity contribution in [2.75, 3.05) is 13.1 Å². The van der Waals surface area contributed by atoms with Crippen LogP contribution in [0.15, 0.2) is 0 Å². The zero-order valence-electron chi connectivity index (χ0n) is 7.42. The minimum Gasteiger partial charge on any atom is -0.388 e. The highest BCUT2D eigenvalue weighted by atomic mass is 16.3. The summed E-state index contributed by atoms with van der Waals surface area (Å²) in [4.78, 5) is 13.3. The molecular formula is C9H15NO2. The van der Waals surface area contributed by atoms with Crippen LogP contribution in [-0.4, -0.2) is 34.6 Å². The van der Waals surface area contributed by atoms with E-state index in [2.05, 4.69) is 0 Å². The van der Waals surface area contributed by atoms with Gasteiger partial charge in [0.05, 0.1) is 5.60 Å². The van der Waals surface area contributed by atoms with Crippen LogP contribution in [-0.2, 0) is 4.79 Å². The van der Waals surface area contributed by atoms with Crippen molar-refractivity contribution in [3.8, 4) is 0 Å². The van der Waals surface area contributed by atoms with E-state index in [1.807, 2.05) is 0 Å². The molecule has 0 spiro atoms. The number of carbonyl (C=O) groups excluding carboxylic acids is 1. The van der Waals surface area contributed by atoms with Crippen molar-refractivity contribution in [1.29, 1.82) is 0 Å². The van der Waals surface area contributed by atoms with Crippen LogP contribution in [0.5, 0.6) is 0 Å². The van der Waals surface area contributed by atoms with E-state index in [0.29, 0.717) is 12.5 Å². The number of likely N-dealkylation sites (tertiary alicyclic amines) is 1. The second-order valence-electron chi connectivity index (χ2n) is 4.28. The maximum absolute atomic E-state index is 11.5. The van der Waals surface area contributed by atoms with Gasteiger partial charge in [0.15, 0.2) is 0 Å². The van der Waals surface area contributed by atoms with Crippen molar-refractivity contribution in [2.45, 2.75) is 31.8 Å². The average molecular weight is 169 g/mol. The number of nitrogens with zero attached hydrogens (tertiary/aromatic N) is 1. The Bertz CT molecular complexity index is 209. The predicted molar refractivity (Wildman–Crippen MR) is 44.5 cm³/mol. The highest BCUT2D eigenvalue weighted by Crippen LogP contribution is 2.33. The molecule has 1 atom stereocenters. The van der Waals surface area contributed by atoms with Crippen LogP contribution in [0.2, 0.25) is 0 Å². The molecular weight excluding hydrogens is 154 g/mol. The summed E-state index contributed by atoms with van der Waals surface area (Å²) in [5.74, 6) is 0.548. The lowest BCUT2D eigenvalue weighted by atomic mass is 10.1. The maximum atomic E-state index is 11.5. The SMILES string of the molecule is CC1(O)CCN(C(=O)C2CC2)C1. The second kappa shape index (κ2) is 2.46. The first-order valence-corrected chi connectivity index (χ1v) is 4.60. The largest absolute Gasteiger partial charge is 0.388 e. The van der Waals surface area contributed by atoms with Crippen LogP contribution in [0.1, 0.15) is 26.2 Å². The molecule has 1 saturated carbocycles. The van der Waals surface area contributed by atoms with E-state index >= 15 is 0 Å². The third-order valence-electron chi connectivity index (χ3n) is 2.69. The third kappa shape index (κ3) is 1.46. The van der Waals surface area contributed by atoms with Gasteiger partial charge in [-0.2, -0.15) is 0 Å². The first-order valence-electron chi connectivity index (χ1n) is 4.60. The van der Waals surface area contributed by atoms with Crippen LogP contribution < -0.4 is 0 Å². The number of aliphatic hydroxyl groups is 1. The molecule has 3 nitrogen and oxygen atoms in total. The highest BCUT2D eigenvalue weighted by Gasteiger charge is 2.39. The number of carbonyl (C=O) groups is 1. The summed E-state index contributed by atoms with van der Waals surface area (Å²) in [5, 5.41) is 9.62. The van der Waals surface area contributed by atoms with Crippen molar-refractivity contribution in [2.24, 2.45) is 5.92 Å². The van der Waals surface area contributed by atoms with E-state index in [1.54, 1.807) is 11.8 Å². The van der Waals surface area contributed by atoms with Gasteiger partial charge in [-0.05, 0) is 26.2 Å². The number of amides is 1. The van der Waals surface area contributed by atoms with Gasteiger partial charge in [0, 0.05) is 19.0 Å². The Labute approximate surface area is 72.4 Å². The molecule has 1 saturated heterocycles. The Hall–Kier alpha value is -0.570. The Morgan fingerprint density at radius 1 is 1.58 bits per heavy atom. The minimum atomic E-state index is -0.634. The molecule has 1 aliphatic heterocycles. The van der Waals surface area contributed by atoms with Crippen LogP contribution in [0.4, 0.5) is 0 Å². The van der Waals surface area contributed by atoms with Gasteiger partial charge in [0.2, 0.25) is 5.91 Å². The van der Waals surface area contributed by atoms with Gasteiger partial charge >= 0.3 is 0 Å². The molecule has 0 aromatic heterocycles. The first kappa shape index (κ1) is 8.05. The van der Waals surface area contributed by atoms with Gasteiger partial charge in [-0.1, -0.05) is 0 Å². The summed E-state index contributed by atoms with van der Waals surface area (Å²) in [6.07, 6.45) is 2.83. The van der Waals surface area contributed by atoms with Gasteiger partial charge in [-0.25, -0.2) is 0 Å². The molecule has 2 rings (SSSR count).